The van der Waals surface area contributed by atoms with Crippen LogP contribution in [0.1, 0.15) is 81.5 Å². The molecule has 0 unspecified atom stereocenters. The molecule has 2 aliphatic heterocycles. The van der Waals surface area contributed by atoms with Gasteiger partial charge >= 0.3 is 6.36 Å². The molecule has 2 heterocycles. The normalized spacial score (nSPS) is 21.8. The molecule has 8 heteroatoms. The number of halogens is 4. The van der Waals surface area contributed by atoms with Crippen molar-refractivity contribution in [3.8, 4) is 11.5 Å². The maximum atomic E-state index is 13.0. The molecule has 1 saturated carbocycles. The number of Topliss-reactive ketones (excluding diaryl/α,β-unsaturated/α-hetero) is 1. The summed E-state index contributed by atoms with van der Waals surface area (Å²) in [5.41, 5.74) is 2.53. The summed E-state index contributed by atoms with van der Waals surface area (Å²) in [5, 5.41) is 0.376. The molecule has 5 rings (SSSR count). The third kappa shape index (κ3) is 5.84. The average Bonchev–Trinajstić information content (AvgIpc) is 3.69. The Morgan fingerprint density at radius 3 is 2.45 bits per heavy atom. The highest BCUT2D eigenvalue weighted by Crippen LogP contribution is 2.49. The topological polar surface area (TPSA) is 38.8 Å². The minimum atomic E-state index is -4.77. The van der Waals surface area contributed by atoms with Crippen LogP contribution in [-0.2, 0) is 11.2 Å². The van der Waals surface area contributed by atoms with Gasteiger partial charge in [0, 0.05) is 35.6 Å². The van der Waals surface area contributed by atoms with E-state index in [2.05, 4.69) is 27.8 Å². The van der Waals surface area contributed by atoms with Gasteiger partial charge in [0.2, 0.25) is 0 Å². The van der Waals surface area contributed by atoms with Crippen LogP contribution in [0.5, 0.6) is 11.5 Å². The Morgan fingerprint density at radius 1 is 1.11 bits per heavy atom. The van der Waals surface area contributed by atoms with Crippen molar-refractivity contribution in [2.75, 3.05) is 13.1 Å². The summed E-state index contributed by atoms with van der Waals surface area (Å²) in [6.07, 6.45) is 0.981. The average molecular weight is 550 g/mol. The summed E-state index contributed by atoms with van der Waals surface area (Å²) in [5.74, 6) is 1.71. The van der Waals surface area contributed by atoms with Gasteiger partial charge in [-0.2, -0.15) is 0 Å². The van der Waals surface area contributed by atoms with E-state index in [1.807, 2.05) is 13.8 Å². The lowest BCUT2D eigenvalue weighted by atomic mass is 9.79. The number of alkyl halides is 3. The van der Waals surface area contributed by atoms with Gasteiger partial charge in [0.05, 0.1) is 0 Å². The van der Waals surface area contributed by atoms with Gasteiger partial charge in [-0.15, -0.1) is 13.2 Å². The van der Waals surface area contributed by atoms with Crippen LogP contribution >= 0.6 is 11.6 Å². The van der Waals surface area contributed by atoms with E-state index in [1.165, 1.54) is 36.1 Å². The SMILES string of the molecule is CC(=O)[C@@H](C)[C@H](c1ccc2c(c1)OC1(CC2)CCN([C@H](C)c2cc(Cl)ccc2OC(F)(F)F)CC1)C1CC1. The molecule has 1 aliphatic carbocycles. The molecule has 2 aromatic carbocycles. The van der Waals surface area contributed by atoms with Gasteiger partial charge in [0.15, 0.2) is 0 Å². The van der Waals surface area contributed by atoms with Crippen molar-refractivity contribution in [3.05, 3.63) is 58.1 Å². The second-order valence-corrected chi connectivity index (χ2v) is 11.8. The first-order valence-electron chi connectivity index (χ1n) is 13.6. The number of aryl methyl sites for hydroxylation is 1. The van der Waals surface area contributed by atoms with Gasteiger partial charge < -0.3 is 9.47 Å². The Hall–Kier alpha value is -2.25. The van der Waals surface area contributed by atoms with Crippen molar-refractivity contribution in [3.63, 3.8) is 0 Å². The van der Waals surface area contributed by atoms with Crippen LogP contribution in [0.2, 0.25) is 5.02 Å². The molecule has 0 aromatic heterocycles. The Labute approximate surface area is 227 Å². The maximum Gasteiger partial charge on any atom is 0.573 e. The maximum absolute atomic E-state index is 13.0. The van der Waals surface area contributed by atoms with E-state index in [1.54, 1.807) is 13.0 Å². The number of rotatable bonds is 7. The quantitative estimate of drug-likeness (QED) is 0.352. The smallest absolute Gasteiger partial charge is 0.487 e. The lowest BCUT2D eigenvalue weighted by Crippen LogP contribution is -2.50. The fraction of sp³-hybridized carbons (Fsp3) is 0.567. The second-order valence-electron chi connectivity index (χ2n) is 11.4. The molecule has 1 spiro atoms. The van der Waals surface area contributed by atoms with Crippen LogP contribution in [0.3, 0.4) is 0 Å². The molecule has 2 fully saturated rings. The molecule has 4 nitrogen and oxygen atoms in total. The molecular weight excluding hydrogens is 515 g/mol. The van der Waals surface area contributed by atoms with E-state index >= 15 is 0 Å². The summed E-state index contributed by atoms with van der Waals surface area (Å²) in [7, 11) is 0. The molecule has 3 atom stereocenters. The highest BCUT2D eigenvalue weighted by atomic mass is 35.5. The largest absolute Gasteiger partial charge is 0.573 e. The molecule has 38 heavy (non-hydrogen) atoms. The summed E-state index contributed by atoms with van der Waals surface area (Å²) in [6, 6.07) is 10.5. The van der Waals surface area contributed by atoms with Crippen molar-refractivity contribution in [2.24, 2.45) is 11.8 Å². The van der Waals surface area contributed by atoms with Crippen LogP contribution in [0.15, 0.2) is 36.4 Å². The summed E-state index contributed by atoms with van der Waals surface area (Å²) in [6.45, 7) is 7.00. The lowest BCUT2D eigenvalue weighted by Gasteiger charge is -2.46. The molecule has 0 N–H and O–H groups in total. The van der Waals surface area contributed by atoms with E-state index < -0.39 is 6.36 Å². The fourth-order valence-electron chi connectivity index (χ4n) is 6.34. The first-order valence-corrected chi connectivity index (χ1v) is 13.9. The molecule has 1 saturated heterocycles. The standard InChI is InChI=1S/C30H35ClF3NO3/c1-18(20(3)36)28(22-5-6-22)23-7-4-21-10-11-29(37-27(21)16-23)12-14-35(15-13-29)19(2)25-17-24(31)8-9-26(25)38-30(32,33)34/h4,7-9,16-19,22,28H,5-6,10-15H2,1-3H3/t18-,19-,28+/m1/s1. The van der Waals surface area contributed by atoms with Gasteiger partial charge in [0.25, 0.3) is 0 Å². The number of ether oxygens (including phenoxy) is 2. The van der Waals surface area contributed by atoms with Crippen LogP contribution in [-0.4, -0.2) is 35.7 Å². The third-order valence-corrected chi connectivity index (χ3v) is 9.10. The zero-order valence-corrected chi connectivity index (χ0v) is 22.9. The number of hydrogen-bond acceptors (Lipinski definition) is 4. The van der Waals surface area contributed by atoms with Gasteiger partial charge in [-0.1, -0.05) is 30.7 Å². The molecule has 0 bridgehead atoms. The van der Waals surface area contributed by atoms with Crippen molar-refractivity contribution >= 4 is 17.4 Å². The van der Waals surface area contributed by atoms with E-state index in [4.69, 9.17) is 16.3 Å². The fourth-order valence-corrected chi connectivity index (χ4v) is 6.52. The van der Waals surface area contributed by atoms with Crippen molar-refractivity contribution in [1.29, 1.82) is 0 Å². The van der Waals surface area contributed by atoms with Crippen LogP contribution in [0, 0.1) is 11.8 Å². The van der Waals surface area contributed by atoms with Gasteiger partial charge in [0.1, 0.15) is 22.9 Å². The number of likely N-dealkylation sites (tertiary alicyclic amines) is 1. The molecule has 3 aliphatic rings. The number of benzene rings is 2. The van der Waals surface area contributed by atoms with Gasteiger partial charge in [-0.05, 0) is 99.6 Å². The minimum Gasteiger partial charge on any atom is -0.487 e. The minimum absolute atomic E-state index is 0.0134. The predicted molar refractivity (Wildman–Crippen MR) is 141 cm³/mol. The number of fused-ring (bicyclic) bond motifs is 1. The molecule has 0 amide bonds. The van der Waals surface area contributed by atoms with Crippen LogP contribution in [0.4, 0.5) is 13.2 Å². The number of ketones is 1. The number of nitrogens with zero attached hydrogens (tertiary/aromatic N) is 1. The first-order chi connectivity index (χ1) is 17.9. The lowest BCUT2D eigenvalue weighted by molar-refractivity contribution is -0.275. The van der Waals surface area contributed by atoms with Crippen molar-refractivity contribution in [1.82, 2.24) is 4.90 Å². The summed E-state index contributed by atoms with van der Waals surface area (Å²) >= 11 is 6.14. The van der Waals surface area contributed by atoms with Gasteiger partial charge in [-0.25, -0.2) is 0 Å². The van der Waals surface area contributed by atoms with E-state index in [9.17, 15) is 18.0 Å². The van der Waals surface area contributed by atoms with Gasteiger partial charge in [-0.3, -0.25) is 9.69 Å². The molecule has 2 aromatic rings. The van der Waals surface area contributed by atoms with Crippen LogP contribution in [0.25, 0.3) is 0 Å². The second kappa shape index (κ2) is 10.4. The predicted octanol–water partition coefficient (Wildman–Crippen LogP) is 7.88. The Balaban J connectivity index is 1.30. The molecule has 0 radical (unpaired) electrons. The zero-order valence-electron chi connectivity index (χ0n) is 22.1. The van der Waals surface area contributed by atoms with Crippen molar-refractivity contribution in [2.45, 2.75) is 83.2 Å². The Morgan fingerprint density at radius 2 is 1.82 bits per heavy atom. The highest BCUT2D eigenvalue weighted by Gasteiger charge is 2.42. The molecular formula is C30H35ClF3NO3. The molecule has 206 valence electrons. The van der Waals surface area contributed by atoms with Crippen LogP contribution < -0.4 is 9.47 Å². The zero-order chi connectivity index (χ0) is 27.2. The first kappa shape index (κ1) is 27.3. The van der Waals surface area contributed by atoms with E-state index in [0.717, 1.165) is 31.4 Å². The Kier molecular flexibility index (Phi) is 7.46. The number of carbonyl (C=O) groups excluding carboxylic acids is 1. The van der Waals surface area contributed by atoms with Crippen molar-refractivity contribution < 1.29 is 27.4 Å². The summed E-state index contributed by atoms with van der Waals surface area (Å²) < 4.78 is 50.0. The third-order valence-electron chi connectivity index (χ3n) is 8.87. The monoisotopic (exact) mass is 549 g/mol. The van der Waals surface area contributed by atoms with E-state index in [0.29, 0.717) is 29.6 Å². The number of carbonyl (C=O) groups is 1. The highest BCUT2D eigenvalue weighted by molar-refractivity contribution is 6.30. The number of piperidine rings is 1. The number of hydrogen-bond donors (Lipinski definition) is 0. The Bertz CT molecular complexity index is 1190. The van der Waals surface area contributed by atoms with E-state index in [-0.39, 0.29) is 35.0 Å². The summed E-state index contributed by atoms with van der Waals surface area (Å²) in [4.78, 5) is 14.4.